The third kappa shape index (κ3) is 2.60. The summed E-state index contributed by atoms with van der Waals surface area (Å²) in [4.78, 5) is 0. The highest BCUT2D eigenvalue weighted by molar-refractivity contribution is 5.56. The second-order valence-electron chi connectivity index (χ2n) is 6.49. The molecule has 0 radical (unpaired) electrons. The molecule has 112 valence electrons. The number of aromatic nitrogens is 3. The lowest BCUT2D eigenvalue weighted by atomic mass is 10.0. The second-order valence-corrected chi connectivity index (χ2v) is 6.49. The minimum absolute atomic E-state index is 0.301. The average molecular weight is 284 g/mol. The van der Waals surface area contributed by atoms with Crippen LogP contribution in [0.2, 0.25) is 0 Å². The summed E-state index contributed by atoms with van der Waals surface area (Å²) >= 11 is 0. The first kappa shape index (κ1) is 14.3. The third-order valence-corrected chi connectivity index (χ3v) is 4.26. The molecule has 0 saturated carbocycles. The molecule has 3 rings (SSSR count). The van der Waals surface area contributed by atoms with Crippen molar-refractivity contribution in [1.82, 2.24) is 20.1 Å². The quantitative estimate of drug-likeness (QED) is 0.939. The van der Waals surface area contributed by atoms with Gasteiger partial charge in [-0.25, -0.2) is 0 Å². The predicted molar refractivity (Wildman–Crippen MR) is 85.1 cm³/mol. The molecule has 1 aliphatic rings. The number of benzene rings is 1. The van der Waals surface area contributed by atoms with Crippen LogP contribution in [0.4, 0.5) is 0 Å². The zero-order valence-electron chi connectivity index (χ0n) is 13.3. The van der Waals surface area contributed by atoms with Gasteiger partial charge in [-0.1, -0.05) is 52.0 Å². The van der Waals surface area contributed by atoms with E-state index in [1.807, 2.05) is 0 Å². The van der Waals surface area contributed by atoms with E-state index < -0.39 is 0 Å². The highest BCUT2D eigenvalue weighted by atomic mass is 15.3. The summed E-state index contributed by atoms with van der Waals surface area (Å²) in [6, 6.07) is 9.03. The average Bonchev–Trinajstić information content (AvgIpc) is 2.90. The molecule has 4 heteroatoms. The van der Waals surface area contributed by atoms with E-state index in [1.54, 1.807) is 0 Å². The van der Waals surface area contributed by atoms with Gasteiger partial charge in [0.15, 0.2) is 11.6 Å². The Hall–Kier alpha value is -1.68. The number of rotatable bonds is 3. The van der Waals surface area contributed by atoms with Crippen LogP contribution in [0, 0.1) is 5.92 Å². The number of nitrogens with one attached hydrogen (secondary N) is 1. The molecule has 0 fully saturated rings. The van der Waals surface area contributed by atoms with E-state index in [0.717, 1.165) is 30.3 Å². The Kier molecular flexibility index (Phi) is 3.81. The van der Waals surface area contributed by atoms with Gasteiger partial charge in [0.25, 0.3) is 0 Å². The van der Waals surface area contributed by atoms with E-state index >= 15 is 0 Å². The first-order valence-corrected chi connectivity index (χ1v) is 7.84. The highest BCUT2D eigenvalue weighted by Crippen LogP contribution is 2.28. The van der Waals surface area contributed by atoms with Gasteiger partial charge in [-0.05, 0) is 17.4 Å². The zero-order chi connectivity index (χ0) is 15.0. The van der Waals surface area contributed by atoms with Gasteiger partial charge in [-0.2, -0.15) is 0 Å². The largest absolute Gasteiger partial charge is 0.308 e. The standard InChI is InChI=1S/C17H24N4/c1-11(2)13-5-7-14(8-6-13)16-19-20-17-15(12(3)4)18-9-10-21(16)17/h5-8,11-12,15,18H,9-10H2,1-4H3. The lowest BCUT2D eigenvalue weighted by Gasteiger charge is -2.27. The van der Waals surface area contributed by atoms with Gasteiger partial charge in [-0.3, -0.25) is 0 Å². The van der Waals surface area contributed by atoms with Gasteiger partial charge in [0.05, 0.1) is 6.04 Å². The maximum Gasteiger partial charge on any atom is 0.164 e. The zero-order valence-corrected chi connectivity index (χ0v) is 13.3. The molecule has 0 spiro atoms. The molecule has 0 amide bonds. The first-order chi connectivity index (χ1) is 10.1. The normalized spacial score (nSPS) is 18.3. The fourth-order valence-electron chi connectivity index (χ4n) is 2.95. The molecule has 2 heterocycles. The predicted octanol–water partition coefficient (Wildman–Crippen LogP) is 3.37. The second kappa shape index (κ2) is 5.60. The topological polar surface area (TPSA) is 42.7 Å². The van der Waals surface area contributed by atoms with Crippen molar-refractivity contribution >= 4 is 0 Å². The lowest BCUT2D eigenvalue weighted by Crippen LogP contribution is -2.36. The molecule has 1 aromatic carbocycles. The molecule has 1 N–H and O–H groups in total. The first-order valence-electron chi connectivity index (χ1n) is 7.84. The SMILES string of the molecule is CC(C)c1ccc(-c2nnc3n2CCNC3C(C)C)cc1. The van der Waals surface area contributed by atoms with E-state index in [-0.39, 0.29) is 0 Å². The van der Waals surface area contributed by atoms with Crippen LogP contribution in [0.3, 0.4) is 0 Å². The van der Waals surface area contributed by atoms with Crippen LogP contribution < -0.4 is 5.32 Å². The molecule has 1 unspecified atom stereocenters. The summed E-state index contributed by atoms with van der Waals surface area (Å²) in [5, 5.41) is 12.4. The van der Waals surface area contributed by atoms with Gasteiger partial charge < -0.3 is 9.88 Å². The van der Waals surface area contributed by atoms with Crippen molar-refractivity contribution in [3.8, 4) is 11.4 Å². The summed E-state index contributed by atoms with van der Waals surface area (Å²) in [6.45, 7) is 10.8. The van der Waals surface area contributed by atoms with Gasteiger partial charge in [0, 0.05) is 18.7 Å². The molecule has 4 nitrogen and oxygen atoms in total. The summed E-state index contributed by atoms with van der Waals surface area (Å²) in [7, 11) is 0. The van der Waals surface area contributed by atoms with Gasteiger partial charge >= 0.3 is 0 Å². The smallest absolute Gasteiger partial charge is 0.164 e. The van der Waals surface area contributed by atoms with Crippen LogP contribution in [-0.4, -0.2) is 21.3 Å². The van der Waals surface area contributed by atoms with Gasteiger partial charge in [-0.15, -0.1) is 10.2 Å². The van der Waals surface area contributed by atoms with Crippen molar-refractivity contribution in [1.29, 1.82) is 0 Å². The summed E-state index contributed by atoms with van der Waals surface area (Å²) < 4.78 is 2.27. The van der Waals surface area contributed by atoms with Crippen molar-refractivity contribution in [2.75, 3.05) is 6.54 Å². The van der Waals surface area contributed by atoms with Crippen LogP contribution in [-0.2, 0) is 6.54 Å². The molecule has 1 atom stereocenters. The van der Waals surface area contributed by atoms with E-state index in [2.05, 4.69) is 72.0 Å². The Bertz CT molecular complexity index is 610. The lowest BCUT2D eigenvalue weighted by molar-refractivity contribution is 0.339. The molecule has 1 aromatic heterocycles. The van der Waals surface area contributed by atoms with Crippen molar-refractivity contribution in [3.05, 3.63) is 35.7 Å². The van der Waals surface area contributed by atoms with E-state index in [4.69, 9.17) is 0 Å². The van der Waals surface area contributed by atoms with Crippen LogP contribution in [0.5, 0.6) is 0 Å². The van der Waals surface area contributed by atoms with Crippen LogP contribution >= 0.6 is 0 Å². The molecule has 0 saturated heterocycles. The van der Waals surface area contributed by atoms with Crippen molar-refractivity contribution in [2.24, 2.45) is 5.92 Å². The molecular weight excluding hydrogens is 260 g/mol. The third-order valence-electron chi connectivity index (χ3n) is 4.26. The van der Waals surface area contributed by atoms with Crippen molar-refractivity contribution in [3.63, 3.8) is 0 Å². The molecule has 1 aliphatic heterocycles. The van der Waals surface area contributed by atoms with Crippen molar-refractivity contribution < 1.29 is 0 Å². The Balaban J connectivity index is 1.97. The van der Waals surface area contributed by atoms with Gasteiger partial charge in [0.1, 0.15) is 0 Å². The molecule has 0 bridgehead atoms. The fourth-order valence-corrected chi connectivity index (χ4v) is 2.95. The highest BCUT2D eigenvalue weighted by Gasteiger charge is 2.27. The summed E-state index contributed by atoms with van der Waals surface area (Å²) in [6.07, 6.45) is 0. The molecular formula is C17H24N4. The number of nitrogens with zero attached hydrogens (tertiary/aromatic N) is 3. The Morgan fingerprint density at radius 2 is 1.81 bits per heavy atom. The van der Waals surface area contributed by atoms with Crippen LogP contribution in [0.25, 0.3) is 11.4 Å². The minimum Gasteiger partial charge on any atom is -0.308 e. The monoisotopic (exact) mass is 284 g/mol. The van der Waals surface area contributed by atoms with E-state index in [9.17, 15) is 0 Å². The van der Waals surface area contributed by atoms with Gasteiger partial charge in [0.2, 0.25) is 0 Å². The molecule has 0 aliphatic carbocycles. The van der Waals surface area contributed by atoms with E-state index in [0.29, 0.717) is 17.9 Å². The number of hydrogen-bond acceptors (Lipinski definition) is 3. The molecule has 2 aromatic rings. The fraction of sp³-hybridized carbons (Fsp3) is 0.529. The number of hydrogen-bond donors (Lipinski definition) is 1. The summed E-state index contributed by atoms with van der Waals surface area (Å²) in [5.41, 5.74) is 2.52. The molecule has 21 heavy (non-hydrogen) atoms. The van der Waals surface area contributed by atoms with Crippen LogP contribution in [0.15, 0.2) is 24.3 Å². The minimum atomic E-state index is 0.301. The van der Waals surface area contributed by atoms with E-state index in [1.165, 1.54) is 5.56 Å². The number of fused-ring (bicyclic) bond motifs is 1. The maximum absolute atomic E-state index is 4.45. The van der Waals surface area contributed by atoms with Crippen molar-refractivity contribution in [2.45, 2.75) is 46.2 Å². The maximum atomic E-state index is 4.45. The Labute approximate surface area is 126 Å². The van der Waals surface area contributed by atoms with Crippen LogP contribution in [0.1, 0.15) is 51.0 Å². The Morgan fingerprint density at radius 1 is 1.10 bits per heavy atom. The Morgan fingerprint density at radius 3 is 2.43 bits per heavy atom. The summed E-state index contributed by atoms with van der Waals surface area (Å²) in [5.74, 6) is 3.14.